The molecule has 0 bridgehead atoms. The number of benzene rings is 3. The van der Waals surface area contributed by atoms with Crippen molar-refractivity contribution >= 4 is 34.3 Å². The molecule has 1 fully saturated rings. The molecule has 0 spiro atoms. The zero-order valence-corrected chi connectivity index (χ0v) is 16.9. The molecule has 0 atom stereocenters. The fourth-order valence-corrected chi connectivity index (χ4v) is 3.61. The van der Waals surface area contributed by atoms with Gasteiger partial charge in [-0.15, -0.1) is 0 Å². The first-order valence-corrected chi connectivity index (χ1v) is 10.1. The zero-order chi connectivity index (χ0) is 21.6. The minimum Gasteiger partial charge on any atom is -0.484 e. The van der Waals surface area contributed by atoms with Gasteiger partial charge < -0.3 is 9.64 Å². The zero-order valence-electron chi connectivity index (χ0n) is 16.9. The van der Waals surface area contributed by atoms with Gasteiger partial charge in [-0.05, 0) is 41.8 Å². The highest BCUT2D eigenvalue weighted by molar-refractivity contribution is 5.86. The third kappa shape index (κ3) is 4.98. The number of hydrogen-bond donors (Lipinski definition) is 1. The van der Waals surface area contributed by atoms with Crippen molar-refractivity contribution in [2.45, 2.75) is 12.8 Å². The molecule has 1 N–H and O–H groups in total. The second-order valence-corrected chi connectivity index (χ2v) is 7.29. The fourth-order valence-electron chi connectivity index (χ4n) is 3.61. The summed E-state index contributed by atoms with van der Waals surface area (Å²) in [5, 5.41) is 17.5. The molecule has 1 saturated heterocycles. The average molecular weight is 418 g/mol. The first kappa shape index (κ1) is 20.3. The summed E-state index contributed by atoms with van der Waals surface area (Å²) >= 11 is 0. The molecule has 0 radical (unpaired) electrons. The minimum absolute atomic E-state index is 0.0387. The van der Waals surface area contributed by atoms with Crippen LogP contribution in [0.25, 0.3) is 10.8 Å². The van der Waals surface area contributed by atoms with Crippen LogP contribution in [0.2, 0.25) is 0 Å². The van der Waals surface area contributed by atoms with Crippen molar-refractivity contribution in [3.05, 3.63) is 76.3 Å². The van der Waals surface area contributed by atoms with E-state index >= 15 is 0 Å². The Morgan fingerprint density at radius 3 is 2.65 bits per heavy atom. The van der Waals surface area contributed by atoms with Crippen LogP contribution in [0.15, 0.2) is 65.8 Å². The van der Waals surface area contributed by atoms with Gasteiger partial charge >= 0.3 is 0 Å². The van der Waals surface area contributed by atoms with E-state index in [0.29, 0.717) is 17.0 Å². The van der Waals surface area contributed by atoms with Gasteiger partial charge in [0, 0.05) is 24.7 Å². The summed E-state index contributed by atoms with van der Waals surface area (Å²) in [7, 11) is 0. The van der Waals surface area contributed by atoms with Gasteiger partial charge in [-0.1, -0.05) is 36.4 Å². The van der Waals surface area contributed by atoms with E-state index in [1.807, 2.05) is 41.3 Å². The lowest BCUT2D eigenvalue weighted by Crippen LogP contribution is -2.24. The maximum Gasteiger partial charge on any atom is 0.293 e. The van der Waals surface area contributed by atoms with Gasteiger partial charge in [0.15, 0.2) is 6.61 Å². The van der Waals surface area contributed by atoms with Crippen LogP contribution < -0.4 is 15.1 Å². The van der Waals surface area contributed by atoms with E-state index in [4.69, 9.17) is 4.74 Å². The topological polar surface area (TPSA) is 97.1 Å². The summed E-state index contributed by atoms with van der Waals surface area (Å²) in [4.78, 5) is 25.1. The molecule has 4 rings (SSSR count). The smallest absolute Gasteiger partial charge is 0.293 e. The fraction of sp³-hybridized carbons (Fsp3) is 0.217. The van der Waals surface area contributed by atoms with E-state index in [9.17, 15) is 14.9 Å². The second-order valence-electron chi connectivity index (χ2n) is 7.29. The minimum atomic E-state index is -0.424. The van der Waals surface area contributed by atoms with Crippen LogP contribution >= 0.6 is 0 Å². The molecular formula is C23H22N4O4. The van der Waals surface area contributed by atoms with Gasteiger partial charge in [0.25, 0.3) is 11.6 Å². The van der Waals surface area contributed by atoms with Crippen LogP contribution in [0.3, 0.4) is 0 Å². The SMILES string of the molecule is O=C(COc1ccc2ccccc2c1)N/N=C\c1ccc(N2CCCC2)c([N+](=O)[O-])c1. The van der Waals surface area contributed by atoms with Crippen LogP contribution in [0, 0.1) is 10.1 Å². The number of ether oxygens (including phenoxy) is 1. The molecule has 0 unspecified atom stereocenters. The van der Waals surface area contributed by atoms with Gasteiger partial charge in [-0.2, -0.15) is 5.10 Å². The van der Waals surface area contributed by atoms with Crippen LogP contribution in [0.4, 0.5) is 11.4 Å². The predicted octanol–water partition coefficient (Wildman–Crippen LogP) is 3.88. The Kier molecular flexibility index (Phi) is 6.07. The first-order valence-electron chi connectivity index (χ1n) is 10.1. The third-order valence-electron chi connectivity index (χ3n) is 5.14. The largest absolute Gasteiger partial charge is 0.484 e. The van der Waals surface area contributed by atoms with Crippen molar-refractivity contribution < 1.29 is 14.5 Å². The maximum atomic E-state index is 12.0. The highest BCUT2D eigenvalue weighted by Crippen LogP contribution is 2.31. The Morgan fingerprint density at radius 1 is 1.10 bits per heavy atom. The van der Waals surface area contributed by atoms with Gasteiger partial charge in [-0.3, -0.25) is 14.9 Å². The highest BCUT2D eigenvalue weighted by Gasteiger charge is 2.22. The quantitative estimate of drug-likeness (QED) is 0.357. The maximum absolute atomic E-state index is 12.0. The highest BCUT2D eigenvalue weighted by atomic mass is 16.6. The lowest BCUT2D eigenvalue weighted by Gasteiger charge is -2.17. The number of fused-ring (bicyclic) bond motifs is 1. The third-order valence-corrected chi connectivity index (χ3v) is 5.14. The Bertz CT molecular complexity index is 1140. The van der Waals surface area contributed by atoms with Crippen molar-refractivity contribution in [1.82, 2.24) is 5.43 Å². The Morgan fingerprint density at radius 2 is 1.87 bits per heavy atom. The molecule has 8 nitrogen and oxygen atoms in total. The number of nitrogens with one attached hydrogen (secondary N) is 1. The van der Waals surface area contributed by atoms with Gasteiger partial charge in [0.1, 0.15) is 11.4 Å². The number of carbonyl (C=O) groups excluding carboxylic acids is 1. The van der Waals surface area contributed by atoms with Crippen LogP contribution in [0.5, 0.6) is 5.75 Å². The molecule has 1 aliphatic rings. The van der Waals surface area contributed by atoms with E-state index in [-0.39, 0.29) is 17.2 Å². The number of carbonyl (C=O) groups is 1. The standard InChI is InChI=1S/C23H22N4O4/c28-23(16-31-20-9-8-18-5-1-2-6-19(18)14-20)25-24-15-17-7-10-21(22(13-17)27(29)30)26-11-3-4-12-26/h1-2,5-10,13-15H,3-4,11-12,16H2,(H,25,28)/b24-15-. The van der Waals surface area contributed by atoms with Crippen molar-refractivity contribution in [3.63, 3.8) is 0 Å². The van der Waals surface area contributed by atoms with E-state index in [0.717, 1.165) is 36.7 Å². The van der Waals surface area contributed by atoms with Crippen LogP contribution in [-0.4, -0.2) is 36.7 Å². The summed E-state index contributed by atoms with van der Waals surface area (Å²) in [6.07, 6.45) is 3.45. The molecular weight excluding hydrogens is 396 g/mol. The molecule has 158 valence electrons. The molecule has 0 aliphatic carbocycles. The lowest BCUT2D eigenvalue weighted by atomic mass is 10.1. The number of hydrogen-bond acceptors (Lipinski definition) is 6. The van der Waals surface area contributed by atoms with E-state index in [2.05, 4.69) is 10.5 Å². The first-order chi connectivity index (χ1) is 15.1. The number of amides is 1. The summed E-state index contributed by atoms with van der Waals surface area (Å²) in [5.74, 6) is 0.165. The second kappa shape index (κ2) is 9.25. The summed E-state index contributed by atoms with van der Waals surface area (Å²) < 4.78 is 5.52. The van der Waals surface area contributed by atoms with Gasteiger partial charge in [-0.25, -0.2) is 5.43 Å². The monoisotopic (exact) mass is 418 g/mol. The van der Waals surface area contributed by atoms with Gasteiger partial charge in [0.2, 0.25) is 0 Å². The number of hydrazone groups is 1. The van der Waals surface area contributed by atoms with Crippen LogP contribution in [0.1, 0.15) is 18.4 Å². The number of nitro groups is 1. The number of nitro benzene ring substituents is 1. The number of rotatable bonds is 7. The summed E-state index contributed by atoms with van der Waals surface area (Å²) in [6, 6.07) is 18.4. The molecule has 31 heavy (non-hydrogen) atoms. The van der Waals surface area contributed by atoms with Crippen molar-refractivity contribution in [1.29, 1.82) is 0 Å². The van der Waals surface area contributed by atoms with E-state index < -0.39 is 5.91 Å². The van der Waals surface area contributed by atoms with Crippen LogP contribution in [-0.2, 0) is 4.79 Å². The van der Waals surface area contributed by atoms with Crippen molar-refractivity contribution in [2.24, 2.45) is 5.10 Å². The Balaban J connectivity index is 1.34. The normalized spacial score (nSPS) is 13.6. The molecule has 1 amide bonds. The Hall–Kier alpha value is -3.94. The Labute approximate surface area is 179 Å². The van der Waals surface area contributed by atoms with Gasteiger partial charge in [0.05, 0.1) is 11.1 Å². The van der Waals surface area contributed by atoms with Crippen molar-refractivity contribution in [2.75, 3.05) is 24.6 Å². The molecule has 0 aromatic heterocycles. The number of nitrogens with zero attached hydrogens (tertiary/aromatic N) is 3. The number of anilines is 1. The molecule has 3 aromatic rings. The lowest BCUT2D eigenvalue weighted by molar-refractivity contribution is -0.384. The summed E-state index contributed by atoms with van der Waals surface area (Å²) in [5.41, 5.74) is 3.57. The molecule has 1 heterocycles. The molecule has 8 heteroatoms. The molecule has 0 saturated carbocycles. The average Bonchev–Trinajstić information content (AvgIpc) is 3.32. The predicted molar refractivity (Wildman–Crippen MR) is 120 cm³/mol. The molecule has 1 aliphatic heterocycles. The summed E-state index contributed by atoms with van der Waals surface area (Å²) in [6.45, 7) is 1.45. The molecule has 3 aromatic carbocycles. The van der Waals surface area contributed by atoms with Crippen molar-refractivity contribution in [3.8, 4) is 5.75 Å². The van der Waals surface area contributed by atoms with E-state index in [1.54, 1.807) is 18.2 Å². The van der Waals surface area contributed by atoms with E-state index in [1.165, 1.54) is 12.3 Å².